The molecule has 0 saturated heterocycles. The summed E-state index contributed by atoms with van der Waals surface area (Å²) >= 11 is 0. The Balaban J connectivity index is 1.51. The van der Waals surface area contributed by atoms with Crippen LogP contribution in [0.15, 0.2) is 84.7 Å². The zero-order valence-corrected chi connectivity index (χ0v) is 15.8. The van der Waals surface area contributed by atoms with Gasteiger partial charge in [-0.3, -0.25) is 9.58 Å². The second kappa shape index (κ2) is 8.23. The van der Waals surface area contributed by atoms with E-state index in [1.165, 1.54) is 16.8 Å². The second-order valence-corrected chi connectivity index (χ2v) is 7.06. The fraction of sp³-hybridized carbons (Fsp3) is 0.261. The maximum Gasteiger partial charge on any atom is 0.128 e. The smallest absolute Gasteiger partial charge is 0.128 e. The highest BCUT2D eigenvalue weighted by molar-refractivity contribution is 5.42. The van der Waals surface area contributed by atoms with E-state index in [1.54, 1.807) is 0 Å². The summed E-state index contributed by atoms with van der Waals surface area (Å²) in [7, 11) is 1.96. The van der Waals surface area contributed by atoms with Gasteiger partial charge in [0.05, 0.1) is 6.20 Å². The molecule has 27 heavy (non-hydrogen) atoms. The van der Waals surface area contributed by atoms with Crippen LogP contribution in [0.25, 0.3) is 0 Å². The molecule has 3 aromatic rings. The predicted molar refractivity (Wildman–Crippen MR) is 110 cm³/mol. The van der Waals surface area contributed by atoms with Gasteiger partial charge in [-0.1, -0.05) is 66.7 Å². The molecule has 0 saturated carbocycles. The van der Waals surface area contributed by atoms with Crippen LogP contribution in [0, 0.1) is 0 Å². The van der Waals surface area contributed by atoms with E-state index in [1.807, 2.05) is 24.0 Å². The fourth-order valence-corrected chi connectivity index (χ4v) is 3.71. The highest BCUT2D eigenvalue weighted by Crippen LogP contribution is 2.31. The van der Waals surface area contributed by atoms with Gasteiger partial charge in [-0.2, -0.15) is 5.10 Å². The zero-order valence-electron chi connectivity index (χ0n) is 15.8. The topological polar surface area (TPSA) is 33.1 Å². The lowest BCUT2D eigenvalue weighted by Crippen LogP contribution is -2.35. The normalized spacial score (nSPS) is 17.5. The van der Waals surface area contributed by atoms with E-state index in [-0.39, 0.29) is 0 Å². The lowest BCUT2D eigenvalue weighted by atomic mass is 9.96. The minimum absolute atomic E-state index is 0.385. The Kier molecular flexibility index (Phi) is 5.35. The number of aromatic nitrogens is 2. The summed E-state index contributed by atoms with van der Waals surface area (Å²) in [6.45, 7) is 2.01. The van der Waals surface area contributed by atoms with Crippen LogP contribution in [-0.2, 0) is 13.5 Å². The summed E-state index contributed by atoms with van der Waals surface area (Å²) in [4.78, 5) is 2.58. The molecule has 1 aliphatic rings. The van der Waals surface area contributed by atoms with E-state index in [4.69, 9.17) is 0 Å². The maximum absolute atomic E-state index is 4.25. The fourth-order valence-electron chi connectivity index (χ4n) is 3.71. The summed E-state index contributed by atoms with van der Waals surface area (Å²) in [6, 6.07) is 24.0. The lowest BCUT2D eigenvalue weighted by molar-refractivity contribution is 0.208. The van der Waals surface area contributed by atoms with Gasteiger partial charge in [0, 0.05) is 44.4 Å². The summed E-state index contributed by atoms with van der Waals surface area (Å²) in [5, 5.41) is 7.81. The quantitative estimate of drug-likeness (QED) is 0.709. The Labute approximate surface area is 161 Å². The third-order valence-electron chi connectivity index (χ3n) is 5.25. The van der Waals surface area contributed by atoms with Crippen molar-refractivity contribution >= 4 is 5.82 Å². The van der Waals surface area contributed by atoms with Crippen molar-refractivity contribution in [3.05, 3.63) is 95.8 Å². The third-order valence-corrected chi connectivity index (χ3v) is 5.25. The van der Waals surface area contributed by atoms with Gasteiger partial charge in [-0.15, -0.1) is 0 Å². The van der Waals surface area contributed by atoms with Gasteiger partial charge in [-0.05, 0) is 17.5 Å². The molecule has 0 amide bonds. The number of hydrogen-bond acceptors (Lipinski definition) is 3. The summed E-state index contributed by atoms with van der Waals surface area (Å²) in [6.07, 6.45) is 6.19. The van der Waals surface area contributed by atoms with Gasteiger partial charge in [-0.25, -0.2) is 0 Å². The molecular weight excluding hydrogens is 332 g/mol. The van der Waals surface area contributed by atoms with Crippen molar-refractivity contribution in [1.82, 2.24) is 14.7 Å². The van der Waals surface area contributed by atoms with Gasteiger partial charge in [0.15, 0.2) is 0 Å². The van der Waals surface area contributed by atoms with Crippen LogP contribution in [0.1, 0.15) is 23.6 Å². The summed E-state index contributed by atoms with van der Waals surface area (Å²) < 4.78 is 1.88. The summed E-state index contributed by atoms with van der Waals surface area (Å²) in [5.74, 6) is 1.03. The first-order chi connectivity index (χ1) is 13.3. The van der Waals surface area contributed by atoms with Crippen LogP contribution < -0.4 is 5.32 Å². The van der Waals surface area contributed by atoms with E-state index in [9.17, 15) is 0 Å². The average molecular weight is 358 g/mol. The van der Waals surface area contributed by atoms with Crippen LogP contribution in [-0.4, -0.2) is 27.8 Å². The predicted octanol–water partition coefficient (Wildman–Crippen LogP) is 4.41. The largest absolute Gasteiger partial charge is 0.344 e. The van der Waals surface area contributed by atoms with E-state index < -0.39 is 0 Å². The van der Waals surface area contributed by atoms with E-state index in [2.05, 4.69) is 82.1 Å². The molecule has 1 aromatic heterocycles. The number of nitrogens with one attached hydrogen (secondary N) is 1. The molecule has 138 valence electrons. The molecule has 0 radical (unpaired) electrons. The Bertz CT molecular complexity index is 883. The minimum atomic E-state index is 0.385. The van der Waals surface area contributed by atoms with Crippen LogP contribution >= 0.6 is 0 Å². The Hall–Kier alpha value is -2.85. The molecule has 1 aliphatic heterocycles. The van der Waals surface area contributed by atoms with Gasteiger partial charge in [0.2, 0.25) is 0 Å². The maximum atomic E-state index is 4.25. The average Bonchev–Trinajstić information content (AvgIpc) is 3.13. The van der Waals surface area contributed by atoms with Crippen molar-refractivity contribution in [3.8, 4) is 0 Å². The van der Waals surface area contributed by atoms with Gasteiger partial charge >= 0.3 is 0 Å². The van der Waals surface area contributed by atoms with Gasteiger partial charge < -0.3 is 5.32 Å². The Morgan fingerprint density at radius 3 is 2.44 bits per heavy atom. The molecule has 0 aliphatic carbocycles. The molecule has 1 atom stereocenters. The third kappa shape index (κ3) is 4.29. The minimum Gasteiger partial charge on any atom is -0.344 e. The molecular formula is C23H26N4. The zero-order chi connectivity index (χ0) is 18.5. The number of anilines is 1. The molecule has 4 nitrogen and oxygen atoms in total. The monoisotopic (exact) mass is 358 g/mol. The van der Waals surface area contributed by atoms with Crippen molar-refractivity contribution in [2.45, 2.75) is 18.9 Å². The molecule has 0 fully saturated rings. The van der Waals surface area contributed by atoms with E-state index in [0.29, 0.717) is 6.04 Å². The van der Waals surface area contributed by atoms with Gasteiger partial charge in [0.25, 0.3) is 0 Å². The van der Waals surface area contributed by atoms with Crippen molar-refractivity contribution in [3.63, 3.8) is 0 Å². The Morgan fingerprint density at radius 1 is 1.00 bits per heavy atom. The highest BCUT2D eigenvalue weighted by Gasteiger charge is 2.25. The highest BCUT2D eigenvalue weighted by atomic mass is 15.3. The standard InChI is InChI=1S/C23H26N4/c1-26-23(12-15-24-26)25-21-14-17-27(16-13-19-8-4-2-5-9-19)22(18-21)20-10-6-3-7-11-20/h2-12,14-15,22,25H,13,16-18H2,1H3. The number of hydrogen-bond donors (Lipinski definition) is 1. The number of benzene rings is 2. The van der Waals surface area contributed by atoms with Crippen LogP contribution in [0.3, 0.4) is 0 Å². The van der Waals surface area contributed by atoms with Crippen LogP contribution in [0.4, 0.5) is 5.82 Å². The molecule has 0 bridgehead atoms. The number of nitrogens with zero attached hydrogens (tertiary/aromatic N) is 3. The molecule has 2 aromatic carbocycles. The lowest BCUT2D eigenvalue weighted by Gasteiger charge is -2.36. The summed E-state index contributed by atoms with van der Waals surface area (Å²) in [5.41, 5.74) is 4.04. The van der Waals surface area contributed by atoms with Crippen LogP contribution in [0.5, 0.6) is 0 Å². The molecule has 4 heteroatoms. The van der Waals surface area contributed by atoms with E-state index >= 15 is 0 Å². The molecule has 4 rings (SSSR count). The molecule has 1 unspecified atom stereocenters. The van der Waals surface area contributed by atoms with Crippen LogP contribution in [0.2, 0.25) is 0 Å². The van der Waals surface area contributed by atoms with Crippen molar-refractivity contribution in [2.75, 3.05) is 18.4 Å². The first-order valence-electron chi connectivity index (χ1n) is 9.56. The number of aryl methyl sites for hydroxylation is 1. The van der Waals surface area contributed by atoms with Gasteiger partial charge in [0.1, 0.15) is 5.82 Å². The second-order valence-electron chi connectivity index (χ2n) is 7.06. The first-order valence-corrected chi connectivity index (χ1v) is 9.56. The van der Waals surface area contributed by atoms with Crippen molar-refractivity contribution in [2.24, 2.45) is 7.05 Å². The van der Waals surface area contributed by atoms with Crippen molar-refractivity contribution < 1.29 is 0 Å². The Morgan fingerprint density at radius 2 is 1.74 bits per heavy atom. The first kappa shape index (κ1) is 17.6. The van der Waals surface area contributed by atoms with Crippen molar-refractivity contribution in [1.29, 1.82) is 0 Å². The molecule has 2 heterocycles. The molecule has 0 spiro atoms. The SMILES string of the molecule is Cn1nccc1NC1=CCN(CCc2ccccc2)C(c2ccccc2)C1. The molecule has 1 N–H and O–H groups in total. The number of rotatable bonds is 6. The van der Waals surface area contributed by atoms with E-state index in [0.717, 1.165) is 31.7 Å².